The van der Waals surface area contributed by atoms with Gasteiger partial charge >= 0.3 is 11.8 Å². The third kappa shape index (κ3) is 4.49. The summed E-state index contributed by atoms with van der Waals surface area (Å²) in [5.74, 6) is -2.14. The van der Waals surface area contributed by atoms with Gasteiger partial charge in [0.2, 0.25) is 5.91 Å². The molecular formula is C20H20FN3O3. The van der Waals surface area contributed by atoms with E-state index in [9.17, 15) is 18.8 Å². The Kier molecular flexibility index (Phi) is 5.49. The van der Waals surface area contributed by atoms with Crippen LogP contribution in [0.4, 0.5) is 10.1 Å². The number of hydrogen-bond acceptors (Lipinski definition) is 3. The molecule has 0 spiro atoms. The Morgan fingerprint density at radius 3 is 2.33 bits per heavy atom. The van der Waals surface area contributed by atoms with Gasteiger partial charge in [-0.05, 0) is 42.3 Å². The van der Waals surface area contributed by atoms with Gasteiger partial charge in [0.1, 0.15) is 12.4 Å². The first-order valence-corrected chi connectivity index (χ1v) is 8.62. The number of nitrogens with one attached hydrogen (secondary N) is 1. The topological polar surface area (TPSA) is 69.7 Å². The first kappa shape index (κ1) is 18.6. The van der Waals surface area contributed by atoms with Crippen LogP contribution in [0.1, 0.15) is 11.1 Å². The van der Waals surface area contributed by atoms with Crippen LogP contribution in [0.2, 0.25) is 0 Å². The zero-order valence-corrected chi connectivity index (χ0v) is 14.9. The molecule has 0 saturated carbocycles. The van der Waals surface area contributed by atoms with Gasteiger partial charge in [-0.15, -0.1) is 0 Å². The Labute approximate surface area is 156 Å². The molecule has 6 nitrogen and oxygen atoms in total. The molecule has 140 valence electrons. The Bertz CT molecular complexity index is 867. The maximum atomic E-state index is 12.9. The van der Waals surface area contributed by atoms with Crippen LogP contribution < -0.4 is 5.32 Å². The maximum absolute atomic E-state index is 12.9. The molecule has 1 heterocycles. The second kappa shape index (κ2) is 7.99. The number of piperazine rings is 1. The molecule has 0 unspecified atom stereocenters. The summed E-state index contributed by atoms with van der Waals surface area (Å²) < 4.78 is 12.9. The second-order valence-corrected chi connectivity index (χ2v) is 6.43. The fourth-order valence-corrected chi connectivity index (χ4v) is 2.92. The molecule has 1 saturated heterocycles. The molecule has 27 heavy (non-hydrogen) atoms. The summed E-state index contributed by atoms with van der Waals surface area (Å²) in [5.41, 5.74) is 2.47. The van der Waals surface area contributed by atoms with Crippen molar-refractivity contribution >= 4 is 23.4 Å². The zero-order valence-electron chi connectivity index (χ0n) is 14.9. The van der Waals surface area contributed by atoms with E-state index >= 15 is 0 Å². The molecule has 3 amide bonds. The first-order chi connectivity index (χ1) is 12.9. The number of benzene rings is 2. The van der Waals surface area contributed by atoms with Crippen molar-refractivity contribution in [2.24, 2.45) is 0 Å². The normalized spacial score (nSPS) is 14.4. The average Bonchev–Trinajstić information content (AvgIpc) is 2.65. The highest BCUT2D eigenvalue weighted by Crippen LogP contribution is 2.14. The van der Waals surface area contributed by atoms with Gasteiger partial charge in [0, 0.05) is 25.3 Å². The van der Waals surface area contributed by atoms with E-state index < -0.39 is 23.5 Å². The molecule has 0 atom stereocenters. The largest absolute Gasteiger partial charge is 0.328 e. The Hall–Kier alpha value is -3.22. The van der Waals surface area contributed by atoms with Crippen LogP contribution in [0.25, 0.3) is 0 Å². The molecule has 0 bridgehead atoms. The molecule has 1 fully saturated rings. The summed E-state index contributed by atoms with van der Waals surface area (Å²) in [6.07, 6.45) is 0. The van der Waals surface area contributed by atoms with Crippen molar-refractivity contribution in [3.63, 3.8) is 0 Å². The van der Waals surface area contributed by atoms with Crippen LogP contribution in [-0.2, 0) is 20.9 Å². The Morgan fingerprint density at radius 2 is 1.63 bits per heavy atom. The van der Waals surface area contributed by atoms with Crippen LogP contribution in [0.3, 0.4) is 0 Å². The number of amides is 3. The molecule has 0 aliphatic carbocycles. The number of rotatable bonds is 5. The number of aryl methyl sites for hydroxylation is 1. The average molecular weight is 369 g/mol. The summed E-state index contributed by atoms with van der Waals surface area (Å²) in [5, 5.41) is 2.59. The van der Waals surface area contributed by atoms with E-state index in [1.54, 1.807) is 0 Å². The maximum Gasteiger partial charge on any atom is 0.312 e. The minimum absolute atomic E-state index is 0.222. The van der Waals surface area contributed by atoms with Gasteiger partial charge in [0.05, 0.1) is 0 Å². The number of hydrogen-bond donors (Lipinski definition) is 1. The third-order valence-corrected chi connectivity index (χ3v) is 4.48. The van der Waals surface area contributed by atoms with E-state index in [2.05, 4.69) is 5.32 Å². The number of nitrogens with zero attached hydrogens (tertiary/aromatic N) is 2. The van der Waals surface area contributed by atoms with Crippen molar-refractivity contribution in [2.45, 2.75) is 13.5 Å². The minimum Gasteiger partial charge on any atom is -0.328 e. The van der Waals surface area contributed by atoms with Crippen LogP contribution in [0.5, 0.6) is 0 Å². The number of carbonyl (C=O) groups is 3. The lowest BCUT2D eigenvalue weighted by Gasteiger charge is -2.33. The molecule has 2 aromatic carbocycles. The summed E-state index contributed by atoms with van der Waals surface area (Å²) in [6, 6.07) is 13.0. The van der Waals surface area contributed by atoms with Gasteiger partial charge in [-0.25, -0.2) is 4.39 Å². The van der Waals surface area contributed by atoms with Gasteiger partial charge in [-0.1, -0.05) is 24.3 Å². The van der Waals surface area contributed by atoms with E-state index in [1.807, 2.05) is 31.2 Å². The second-order valence-electron chi connectivity index (χ2n) is 6.43. The fraction of sp³-hybridized carbons (Fsp3) is 0.250. The van der Waals surface area contributed by atoms with Crippen molar-refractivity contribution in [2.75, 3.05) is 25.0 Å². The SMILES string of the molecule is Cc1ccccc1CN1CCN(CC(=O)Nc2ccc(F)cc2)C(=O)C1=O. The molecule has 3 rings (SSSR count). The van der Waals surface area contributed by atoms with Crippen LogP contribution in [-0.4, -0.2) is 47.2 Å². The van der Waals surface area contributed by atoms with Gasteiger partial charge < -0.3 is 15.1 Å². The van der Waals surface area contributed by atoms with Crippen LogP contribution in [0, 0.1) is 12.7 Å². The number of halogens is 1. The van der Waals surface area contributed by atoms with Crippen LogP contribution in [0.15, 0.2) is 48.5 Å². The van der Waals surface area contributed by atoms with Gasteiger partial charge in [0.25, 0.3) is 0 Å². The van der Waals surface area contributed by atoms with E-state index in [4.69, 9.17) is 0 Å². The van der Waals surface area contributed by atoms with E-state index in [-0.39, 0.29) is 13.1 Å². The van der Waals surface area contributed by atoms with E-state index in [0.717, 1.165) is 11.1 Å². The molecule has 2 aromatic rings. The molecule has 7 heteroatoms. The molecule has 0 radical (unpaired) electrons. The molecule has 1 aliphatic heterocycles. The lowest BCUT2D eigenvalue weighted by molar-refractivity contribution is -0.157. The highest BCUT2D eigenvalue weighted by molar-refractivity contribution is 6.35. The van der Waals surface area contributed by atoms with Crippen LogP contribution >= 0.6 is 0 Å². The highest BCUT2D eigenvalue weighted by atomic mass is 19.1. The molecule has 1 N–H and O–H groups in total. The lowest BCUT2D eigenvalue weighted by Crippen LogP contribution is -2.55. The van der Waals surface area contributed by atoms with Crippen molar-refractivity contribution in [3.05, 3.63) is 65.5 Å². The van der Waals surface area contributed by atoms with Gasteiger partial charge in [0.15, 0.2) is 0 Å². The van der Waals surface area contributed by atoms with Crippen molar-refractivity contribution in [3.8, 4) is 0 Å². The standard InChI is InChI=1S/C20H20FN3O3/c1-14-4-2-3-5-15(14)12-23-10-11-24(20(27)19(23)26)13-18(25)22-17-8-6-16(21)7-9-17/h2-9H,10-13H2,1H3,(H,22,25). The zero-order chi connectivity index (χ0) is 19.4. The predicted molar refractivity (Wildman–Crippen MR) is 98.2 cm³/mol. The summed E-state index contributed by atoms with van der Waals surface area (Å²) in [4.78, 5) is 39.6. The smallest absolute Gasteiger partial charge is 0.312 e. The van der Waals surface area contributed by atoms with Crippen molar-refractivity contribution in [1.29, 1.82) is 0 Å². The van der Waals surface area contributed by atoms with E-state index in [1.165, 1.54) is 34.1 Å². The molecule has 0 aromatic heterocycles. The highest BCUT2D eigenvalue weighted by Gasteiger charge is 2.33. The Balaban J connectivity index is 1.57. The monoisotopic (exact) mass is 369 g/mol. The van der Waals surface area contributed by atoms with Gasteiger partial charge in [-0.2, -0.15) is 0 Å². The summed E-state index contributed by atoms with van der Waals surface area (Å²) >= 11 is 0. The lowest BCUT2D eigenvalue weighted by atomic mass is 10.1. The number of anilines is 1. The third-order valence-electron chi connectivity index (χ3n) is 4.48. The predicted octanol–water partition coefficient (Wildman–Crippen LogP) is 1.94. The van der Waals surface area contributed by atoms with Crippen molar-refractivity contribution in [1.82, 2.24) is 9.80 Å². The number of carbonyl (C=O) groups excluding carboxylic acids is 3. The van der Waals surface area contributed by atoms with Gasteiger partial charge in [-0.3, -0.25) is 14.4 Å². The van der Waals surface area contributed by atoms with Crippen molar-refractivity contribution < 1.29 is 18.8 Å². The summed E-state index contributed by atoms with van der Waals surface area (Å²) in [7, 11) is 0. The summed E-state index contributed by atoms with van der Waals surface area (Å²) in [6.45, 7) is 2.75. The quantitative estimate of drug-likeness (QED) is 0.819. The fourth-order valence-electron chi connectivity index (χ4n) is 2.92. The van der Waals surface area contributed by atoms with E-state index in [0.29, 0.717) is 18.8 Å². The first-order valence-electron chi connectivity index (χ1n) is 8.62. The Morgan fingerprint density at radius 1 is 1.00 bits per heavy atom. The minimum atomic E-state index is -0.691. The molecular weight excluding hydrogens is 349 g/mol. The molecule has 1 aliphatic rings.